The summed E-state index contributed by atoms with van der Waals surface area (Å²) in [5, 5.41) is 5.40. The van der Waals surface area contributed by atoms with Crippen molar-refractivity contribution >= 4 is 23.1 Å². The minimum Gasteiger partial charge on any atom is -0.313 e. The number of hydrogen-bond donors (Lipinski definition) is 1. The smallest absolute Gasteiger partial charge is 0.154 e. The van der Waals surface area contributed by atoms with Gasteiger partial charge in [0.2, 0.25) is 0 Å². The Morgan fingerprint density at radius 1 is 1.29 bits per heavy atom. The summed E-state index contributed by atoms with van der Waals surface area (Å²) in [7, 11) is 0. The summed E-state index contributed by atoms with van der Waals surface area (Å²) in [5.74, 6) is 0. The van der Waals surface area contributed by atoms with Crippen LogP contribution in [0.1, 0.15) is 18.9 Å². The Hall–Kier alpha value is -0.840. The van der Waals surface area contributed by atoms with Gasteiger partial charge in [0, 0.05) is 23.0 Å². The highest BCUT2D eigenvalue weighted by atomic mass is 32.2. The van der Waals surface area contributed by atoms with Crippen LogP contribution in [-0.2, 0) is 6.54 Å². The summed E-state index contributed by atoms with van der Waals surface area (Å²) < 4.78 is 1.10. The van der Waals surface area contributed by atoms with Crippen molar-refractivity contribution in [2.45, 2.75) is 29.1 Å². The number of thiazole rings is 1. The molecule has 0 unspecified atom stereocenters. The minimum absolute atomic E-state index is 0.954. The summed E-state index contributed by atoms with van der Waals surface area (Å²) in [6, 6.07) is 8.68. The number of nitrogens with zero attached hydrogens (tertiary/aromatic N) is 1. The van der Waals surface area contributed by atoms with E-state index in [9.17, 15) is 0 Å². The maximum absolute atomic E-state index is 4.26. The monoisotopic (exact) mass is 264 g/mol. The molecule has 1 aromatic carbocycles. The molecule has 90 valence electrons. The maximum atomic E-state index is 4.26. The average molecular weight is 264 g/mol. The van der Waals surface area contributed by atoms with Crippen molar-refractivity contribution < 1.29 is 0 Å². The van der Waals surface area contributed by atoms with Crippen LogP contribution in [0.3, 0.4) is 0 Å². The van der Waals surface area contributed by atoms with Crippen molar-refractivity contribution in [2.75, 3.05) is 6.54 Å². The molecule has 1 heterocycles. The van der Waals surface area contributed by atoms with Gasteiger partial charge in [-0.05, 0) is 30.7 Å². The van der Waals surface area contributed by atoms with Crippen LogP contribution in [0.25, 0.3) is 0 Å². The summed E-state index contributed by atoms with van der Waals surface area (Å²) in [4.78, 5) is 5.51. The van der Waals surface area contributed by atoms with Crippen molar-refractivity contribution in [3.05, 3.63) is 41.4 Å². The third-order valence-electron chi connectivity index (χ3n) is 2.29. The predicted octanol–water partition coefficient (Wildman–Crippen LogP) is 3.79. The first-order valence-corrected chi connectivity index (χ1v) is 7.45. The van der Waals surface area contributed by atoms with Crippen LogP contribution in [-0.4, -0.2) is 11.5 Å². The second kappa shape index (κ2) is 6.79. The standard InChI is InChI=1S/C13H16N2S2/c1-2-7-14-10-11-3-5-12(6-4-11)17-13-15-8-9-16-13/h3-6,8-9,14H,2,7,10H2,1H3. The number of aromatic nitrogens is 1. The van der Waals surface area contributed by atoms with E-state index in [2.05, 4.69) is 41.5 Å². The zero-order valence-electron chi connectivity index (χ0n) is 9.85. The molecule has 0 aliphatic rings. The van der Waals surface area contributed by atoms with Crippen LogP contribution in [0.15, 0.2) is 45.1 Å². The molecule has 0 radical (unpaired) electrons. The van der Waals surface area contributed by atoms with Crippen molar-refractivity contribution in [3.63, 3.8) is 0 Å². The fourth-order valence-corrected chi connectivity index (χ4v) is 3.04. The Morgan fingerprint density at radius 3 is 2.76 bits per heavy atom. The van der Waals surface area contributed by atoms with Gasteiger partial charge in [0.15, 0.2) is 4.34 Å². The molecular formula is C13H16N2S2. The van der Waals surface area contributed by atoms with Gasteiger partial charge in [0.25, 0.3) is 0 Å². The SMILES string of the molecule is CCCNCc1ccc(Sc2nccs2)cc1. The van der Waals surface area contributed by atoms with Gasteiger partial charge in [-0.3, -0.25) is 0 Å². The van der Waals surface area contributed by atoms with Crippen LogP contribution in [0.4, 0.5) is 0 Å². The van der Waals surface area contributed by atoms with Crippen molar-refractivity contribution in [1.29, 1.82) is 0 Å². The summed E-state index contributed by atoms with van der Waals surface area (Å²) in [6.45, 7) is 4.21. The average Bonchev–Trinajstić information content (AvgIpc) is 2.85. The van der Waals surface area contributed by atoms with Gasteiger partial charge in [-0.15, -0.1) is 11.3 Å². The second-order valence-electron chi connectivity index (χ2n) is 3.72. The molecule has 0 aliphatic carbocycles. The lowest BCUT2D eigenvalue weighted by Crippen LogP contribution is -2.13. The lowest BCUT2D eigenvalue weighted by Gasteiger charge is -2.04. The third-order valence-corrected chi connectivity index (χ3v) is 4.19. The Labute approximate surface area is 110 Å². The fourth-order valence-electron chi connectivity index (χ4n) is 1.45. The number of nitrogens with one attached hydrogen (secondary N) is 1. The summed E-state index contributed by atoms with van der Waals surface area (Å²) >= 11 is 3.40. The van der Waals surface area contributed by atoms with Gasteiger partial charge in [0.05, 0.1) is 0 Å². The van der Waals surface area contributed by atoms with E-state index in [1.165, 1.54) is 16.9 Å². The molecule has 0 bridgehead atoms. The van der Waals surface area contributed by atoms with E-state index >= 15 is 0 Å². The Bertz CT molecular complexity index is 423. The summed E-state index contributed by atoms with van der Waals surface area (Å²) in [6.07, 6.45) is 3.02. The Morgan fingerprint density at radius 2 is 2.12 bits per heavy atom. The van der Waals surface area contributed by atoms with Crippen LogP contribution in [0.2, 0.25) is 0 Å². The van der Waals surface area contributed by atoms with Crippen molar-refractivity contribution in [1.82, 2.24) is 10.3 Å². The largest absolute Gasteiger partial charge is 0.313 e. The third kappa shape index (κ3) is 4.15. The highest BCUT2D eigenvalue weighted by Crippen LogP contribution is 2.28. The first kappa shape index (κ1) is 12.6. The molecule has 2 aromatic rings. The van der Waals surface area contributed by atoms with Crippen molar-refractivity contribution in [2.24, 2.45) is 0 Å². The molecule has 0 aliphatic heterocycles. The molecular weight excluding hydrogens is 248 g/mol. The maximum Gasteiger partial charge on any atom is 0.154 e. The van der Waals surface area contributed by atoms with E-state index in [1.54, 1.807) is 23.1 Å². The molecule has 0 spiro atoms. The van der Waals surface area contributed by atoms with Gasteiger partial charge < -0.3 is 5.32 Å². The molecule has 1 aromatic heterocycles. The molecule has 17 heavy (non-hydrogen) atoms. The topological polar surface area (TPSA) is 24.9 Å². The normalized spacial score (nSPS) is 10.6. The molecule has 0 saturated carbocycles. The lowest BCUT2D eigenvalue weighted by atomic mass is 10.2. The first-order valence-electron chi connectivity index (χ1n) is 5.75. The Balaban J connectivity index is 1.89. The Kier molecular flexibility index (Phi) is 5.04. The van der Waals surface area contributed by atoms with E-state index < -0.39 is 0 Å². The van der Waals surface area contributed by atoms with Gasteiger partial charge in [-0.1, -0.05) is 30.8 Å². The molecule has 4 heteroatoms. The molecule has 0 saturated heterocycles. The van der Waals surface area contributed by atoms with Gasteiger partial charge in [0.1, 0.15) is 0 Å². The van der Waals surface area contributed by atoms with E-state index in [0.717, 1.165) is 17.4 Å². The lowest BCUT2D eigenvalue weighted by molar-refractivity contribution is 0.675. The van der Waals surface area contributed by atoms with Crippen molar-refractivity contribution in [3.8, 4) is 0 Å². The first-order chi connectivity index (χ1) is 8.38. The number of hydrogen-bond acceptors (Lipinski definition) is 4. The van der Waals surface area contributed by atoms with E-state index in [4.69, 9.17) is 0 Å². The van der Waals surface area contributed by atoms with Crippen LogP contribution in [0.5, 0.6) is 0 Å². The van der Waals surface area contributed by atoms with Crippen LogP contribution < -0.4 is 5.32 Å². The molecule has 0 amide bonds. The fraction of sp³-hybridized carbons (Fsp3) is 0.308. The highest BCUT2D eigenvalue weighted by Gasteiger charge is 1.99. The quantitative estimate of drug-likeness (QED) is 0.803. The number of benzene rings is 1. The zero-order chi connectivity index (χ0) is 11.9. The molecule has 0 atom stereocenters. The van der Waals surface area contributed by atoms with Crippen LogP contribution in [0, 0.1) is 0 Å². The zero-order valence-corrected chi connectivity index (χ0v) is 11.5. The second-order valence-corrected chi connectivity index (χ2v) is 5.94. The van der Waals surface area contributed by atoms with E-state index in [0.29, 0.717) is 0 Å². The highest BCUT2D eigenvalue weighted by molar-refractivity contribution is 8.01. The minimum atomic E-state index is 0.954. The van der Waals surface area contributed by atoms with E-state index in [1.807, 2.05) is 11.6 Å². The molecule has 0 fully saturated rings. The summed E-state index contributed by atoms with van der Waals surface area (Å²) in [5.41, 5.74) is 1.34. The number of rotatable bonds is 6. The van der Waals surface area contributed by atoms with Gasteiger partial charge in [-0.25, -0.2) is 4.98 Å². The van der Waals surface area contributed by atoms with Gasteiger partial charge in [-0.2, -0.15) is 0 Å². The van der Waals surface area contributed by atoms with Gasteiger partial charge >= 0.3 is 0 Å². The molecule has 2 nitrogen and oxygen atoms in total. The predicted molar refractivity (Wildman–Crippen MR) is 74.7 cm³/mol. The molecule has 1 N–H and O–H groups in total. The van der Waals surface area contributed by atoms with Crippen LogP contribution >= 0.6 is 23.1 Å². The molecule has 2 rings (SSSR count). The van der Waals surface area contributed by atoms with E-state index in [-0.39, 0.29) is 0 Å².